The Hall–Kier alpha value is -1.96. The molecule has 0 aliphatic heterocycles. The fourth-order valence-electron chi connectivity index (χ4n) is 2.54. The molecule has 0 aromatic heterocycles. The number of halogens is 1. The van der Waals surface area contributed by atoms with E-state index in [1.807, 2.05) is 30.3 Å². The van der Waals surface area contributed by atoms with Gasteiger partial charge < -0.3 is 10.1 Å². The highest BCUT2D eigenvalue weighted by atomic mass is 32.2. The fourth-order valence-corrected chi connectivity index (χ4v) is 3.98. The number of hydrogen-bond donors (Lipinski definition) is 2. The fraction of sp³-hybridized carbons (Fsp3) is 0.368. The van der Waals surface area contributed by atoms with Crippen LogP contribution in [-0.2, 0) is 28.9 Å². The van der Waals surface area contributed by atoms with Gasteiger partial charge in [0.1, 0.15) is 0 Å². The van der Waals surface area contributed by atoms with Gasteiger partial charge in [0.2, 0.25) is 10.0 Å². The summed E-state index contributed by atoms with van der Waals surface area (Å²) in [6.07, 6.45) is 0. The van der Waals surface area contributed by atoms with Crippen LogP contribution in [0.5, 0.6) is 5.75 Å². The molecular formula is C19H25FN2O3S. The summed E-state index contributed by atoms with van der Waals surface area (Å²) in [5.74, 6) is -0.192. The average Bonchev–Trinajstić information content (AvgIpc) is 2.55. The summed E-state index contributed by atoms with van der Waals surface area (Å²) in [6, 6.07) is 12.1. The van der Waals surface area contributed by atoms with E-state index in [9.17, 15) is 12.8 Å². The van der Waals surface area contributed by atoms with Crippen molar-refractivity contribution in [1.82, 2.24) is 10.0 Å². The number of sulfonamides is 1. The van der Waals surface area contributed by atoms with Gasteiger partial charge in [-0.2, -0.15) is 0 Å². The molecule has 26 heavy (non-hydrogen) atoms. The molecule has 0 amide bonds. The second kappa shape index (κ2) is 9.12. The maximum atomic E-state index is 13.7. The first-order valence-corrected chi connectivity index (χ1v) is 10.1. The Bertz CT molecular complexity index is 821. The van der Waals surface area contributed by atoms with E-state index < -0.39 is 10.0 Å². The van der Waals surface area contributed by atoms with E-state index in [0.29, 0.717) is 13.1 Å². The molecule has 142 valence electrons. The van der Waals surface area contributed by atoms with E-state index in [2.05, 4.69) is 10.0 Å². The van der Waals surface area contributed by atoms with Crippen molar-refractivity contribution in [2.45, 2.75) is 38.7 Å². The van der Waals surface area contributed by atoms with Crippen molar-refractivity contribution in [3.8, 4) is 5.75 Å². The minimum atomic E-state index is -3.32. The highest BCUT2D eigenvalue weighted by Gasteiger charge is 2.12. The molecule has 0 bridgehead atoms. The summed E-state index contributed by atoms with van der Waals surface area (Å²) in [5.41, 5.74) is 2.59. The zero-order valence-corrected chi connectivity index (χ0v) is 16.1. The summed E-state index contributed by atoms with van der Waals surface area (Å²) in [7, 11) is -1.89. The van der Waals surface area contributed by atoms with Gasteiger partial charge in [0.25, 0.3) is 0 Å². The first-order chi connectivity index (χ1) is 12.3. The SMILES string of the molecule is COc1ccc(CNCc2ccc(CS(=O)(=O)NC(C)C)cc2)cc1F. The Morgan fingerprint density at radius 2 is 1.58 bits per heavy atom. The zero-order chi connectivity index (χ0) is 19.2. The van der Waals surface area contributed by atoms with Gasteiger partial charge in [0, 0.05) is 19.1 Å². The van der Waals surface area contributed by atoms with E-state index in [-0.39, 0.29) is 23.4 Å². The van der Waals surface area contributed by atoms with Gasteiger partial charge in [0.15, 0.2) is 11.6 Å². The molecule has 0 fully saturated rings. The van der Waals surface area contributed by atoms with Crippen molar-refractivity contribution in [3.63, 3.8) is 0 Å². The molecule has 0 radical (unpaired) electrons. The number of nitrogens with one attached hydrogen (secondary N) is 2. The minimum Gasteiger partial charge on any atom is -0.494 e. The highest BCUT2D eigenvalue weighted by Crippen LogP contribution is 2.17. The van der Waals surface area contributed by atoms with Gasteiger partial charge in [0.05, 0.1) is 12.9 Å². The van der Waals surface area contributed by atoms with E-state index in [0.717, 1.165) is 16.7 Å². The zero-order valence-electron chi connectivity index (χ0n) is 15.3. The molecule has 0 saturated heterocycles. The van der Waals surface area contributed by atoms with Crippen LogP contribution in [0.3, 0.4) is 0 Å². The van der Waals surface area contributed by atoms with Gasteiger partial charge in [-0.25, -0.2) is 17.5 Å². The maximum Gasteiger partial charge on any atom is 0.216 e. The van der Waals surface area contributed by atoms with Crippen LogP contribution in [0.25, 0.3) is 0 Å². The minimum absolute atomic E-state index is 0.0377. The predicted molar refractivity (Wildman–Crippen MR) is 101 cm³/mol. The monoisotopic (exact) mass is 380 g/mol. The highest BCUT2D eigenvalue weighted by molar-refractivity contribution is 7.88. The molecule has 0 aliphatic rings. The molecule has 0 aliphatic carbocycles. The second-order valence-electron chi connectivity index (χ2n) is 6.42. The lowest BCUT2D eigenvalue weighted by atomic mass is 10.1. The molecule has 2 aromatic carbocycles. The van der Waals surface area contributed by atoms with Gasteiger partial charge >= 0.3 is 0 Å². The third-order valence-corrected chi connectivity index (χ3v) is 5.21. The summed E-state index contributed by atoms with van der Waals surface area (Å²) >= 11 is 0. The first kappa shape index (κ1) is 20.4. The molecule has 0 spiro atoms. The van der Waals surface area contributed by atoms with Gasteiger partial charge in [-0.3, -0.25) is 0 Å². The average molecular weight is 380 g/mol. The summed E-state index contributed by atoms with van der Waals surface area (Å²) < 4.78 is 45.0. The van der Waals surface area contributed by atoms with Crippen LogP contribution in [0.4, 0.5) is 4.39 Å². The number of rotatable bonds is 9. The van der Waals surface area contributed by atoms with Crippen molar-refractivity contribution in [1.29, 1.82) is 0 Å². The van der Waals surface area contributed by atoms with Crippen molar-refractivity contribution < 1.29 is 17.5 Å². The number of methoxy groups -OCH3 is 1. The molecule has 2 N–H and O–H groups in total. The molecule has 7 heteroatoms. The molecule has 0 unspecified atom stereocenters. The lowest BCUT2D eigenvalue weighted by Gasteiger charge is -2.10. The van der Waals surface area contributed by atoms with E-state index >= 15 is 0 Å². The smallest absolute Gasteiger partial charge is 0.216 e. The van der Waals surface area contributed by atoms with Crippen LogP contribution >= 0.6 is 0 Å². The molecular weight excluding hydrogens is 355 g/mol. The van der Waals surface area contributed by atoms with Gasteiger partial charge in [-0.05, 0) is 42.7 Å². The lowest BCUT2D eigenvalue weighted by Crippen LogP contribution is -2.31. The van der Waals surface area contributed by atoms with Crippen molar-refractivity contribution >= 4 is 10.0 Å². The standard InChI is InChI=1S/C19H25FN2O3S/c1-14(2)22-26(23,24)13-16-6-4-15(5-7-16)11-21-12-17-8-9-19(25-3)18(20)10-17/h4-10,14,21-22H,11-13H2,1-3H3. The van der Waals surface area contributed by atoms with E-state index in [1.54, 1.807) is 19.9 Å². The van der Waals surface area contributed by atoms with Crippen LogP contribution in [0.15, 0.2) is 42.5 Å². The first-order valence-electron chi connectivity index (χ1n) is 8.40. The Morgan fingerprint density at radius 1 is 1.00 bits per heavy atom. The Labute approximate surface area is 154 Å². The van der Waals surface area contributed by atoms with Crippen molar-refractivity contribution in [2.24, 2.45) is 0 Å². The summed E-state index contributed by atoms with van der Waals surface area (Å²) in [6.45, 7) is 4.71. The van der Waals surface area contributed by atoms with Crippen LogP contribution in [0.2, 0.25) is 0 Å². The maximum absolute atomic E-state index is 13.7. The predicted octanol–water partition coefficient (Wildman–Crippen LogP) is 2.95. The number of ether oxygens (including phenoxy) is 1. The number of hydrogen-bond acceptors (Lipinski definition) is 4. The Morgan fingerprint density at radius 3 is 2.15 bits per heavy atom. The van der Waals surface area contributed by atoms with E-state index in [4.69, 9.17) is 4.74 Å². The van der Waals surface area contributed by atoms with Crippen LogP contribution < -0.4 is 14.8 Å². The Kier molecular flexibility index (Phi) is 7.14. The molecule has 2 aromatic rings. The molecule has 5 nitrogen and oxygen atoms in total. The topological polar surface area (TPSA) is 67.4 Å². The third kappa shape index (κ3) is 6.40. The second-order valence-corrected chi connectivity index (χ2v) is 8.17. The largest absolute Gasteiger partial charge is 0.494 e. The normalized spacial score (nSPS) is 11.7. The van der Waals surface area contributed by atoms with Crippen LogP contribution in [0, 0.1) is 5.82 Å². The summed E-state index contributed by atoms with van der Waals surface area (Å²) in [4.78, 5) is 0. The van der Waals surface area contributed by atoms with Crippen LogP contribution in [-0.4, -0.2) is 21.6 Å². The quantitative estimate of drug-likeness (QED) is 0.702. The molecule has 0 heterocycles. The third-order valence-electron chi connectivity index (χ3n) is 3.67. The molecule has 2 rings (SSSR count). The summed E-state index contributed by atoms with van der Waals surface area (Å²) in [5, 5.41) is 3.24. The van der Waals surface area contributed by atoms with Crippen molar-refractivity contribution in [2.75, 3.05) is 7.11 Å². The van der Waals surface area contributed by atoms with E-state index in [1.165, 1.54) is 13.2 Å². The van der Waals surface area contributed by atoms with Gasteiger partial charge in [-0.15, -0.1) is 0 Å². The number of benzene rings is 2. The molecule has 0 saturated carbocycles. The Balaban J connectivity index is 1.86. The van der Waals surface area contributed by atoms with Crippen LogP contribution in [0.1, 0.15) is 30.5 Å². The molecule has 0 atom stereocenters. The van der Waals surface area contributed by atoms with Gasteiger partial charge in [-0.1, -0.05) is 30.3 Å². The van der Waals surface area contributed by atoms with Crippen molar-refractivity contribution in [3.05, 3.63) is 65.0 Å². The lowest BCUT2D eigenvalue weighted by molar-refractivity contribution is 0.386.